The molecule has 0 aliphatic rings. The molecule has 0 spiro atoms. The Morgan fingerprint density at radius 2 is 1.52 bits per heavy atom. The van der Waals surface area contributed by atoms with E-state index in [1.54, 1.807) is 13.8 Å². The Morgan fingerprint density at radius 1 is 1.03 bits per heavy atom. The summed E-state index contributed by atoms with van der Waals surface area (Å²) in [7, 11) is 0. The molecule has 0 heterocycles. The zero-order valence-electron chi connectivity index (χ0n) is 17.3. The van der Waals surface area contributed by atoms with E-state index < -0.39 is 42.5 Å². The Morgan fingerprint density at radius 3 is 1.84 bits per heavy atom. The number of nitrogens with one attached hydrogen (secondary N) is 1. The number of hydrogen-bond donors (Lipinski definition) is 5. The molecule has 0 aliphatic heterocycles. The maximum Gasteiger partial charge on any atom is 0.408 e. The van der Waals surface area contributed by atoms with Crippen LogP contribution < -0.4 is 11.1 Å². The first-order valence-corrected chi connectivity index (χ1v) is 9.63. The minimum Gasteiger partial charge on any atom is -0.481 e. The maximum absolute atomic E-state index is 11.4. The lowest BCUT2D eigenvalue weighted by Crippen LogP contribution is -2.44. The number of rotatable bonds is 8. The van der Waals surface area contributed by atoms with Crippen LogP contribution in [-0.2, 0) is 30.5 Å². The highest BCUT2D eigenvalue weighted by Crippen LogP contribution is 2.04. The molecule has 0 bridgehead atoms. The van der Waals surface area contributed by atoms with E-state index in [9.17, 15) is 24.0 Å². The van der Waals surface area contributed by atoms with Crippen molar-refractivity contribution >= 4 is 44.6 Å². The molecular weight excluding hydrogens is 480 g/mol. The second-order valence-corrected chi connectivity index (χ2v) is 7.40. The van der Waals surface area contributed by atoms with E-state index in [0.717, 1.165) is 5.56 Å². The third-order valence-electron chi connectivity index (χ3n) is 3.13. The van der Waals surface area contributed by atoms with Crippen molar-refractivity contribution in [2.24, 2.45) is 11.7 Å². The highest BCUT2D eigenvalue weighted by molar-refractivity contribution is 9.18. The molecule has 0 fully saturated rings. The van der Waals surface area contributed by atoms with Gasteiger partial charge in [0.15, 0.2) is 4.69 Å². The highest BCUT2D eigenvalue weighted by Gasteiger charge is 2.23. The van der Waals surface area contributed by atoms with E-state index in [2.05, 4.69) is 21.2 Å². The van der Waals surface area contributed by atoms with Crippen molar-refractivity contribution in [1.29, 1.82) is 0 Å². The molecule has 12 heteroatoms. The number of halogens is 1. The van der Waals surface area contributed by atoms with Gasteiger partial charge in [0.25, 0.3) is 0 Å². The minimum absolute atomic E-state index is 0.0208. The van der Waals surface area contributed by atoms with Gasteiger partial charge >= 0.3 is 24.0 Å². The van der Waals surface area contributed by atoms with Crippen LogP contribution in [0.4, 0.5) is 4.79 Å². The summed E-state index contributed by atoms with van der Waals surface area (Å²) in [5.74, 6) is -3.77. The lowest BCUT2D eigenvalue weighted by molar-refractivity contribution is -0.144. The number of ether oxygens (including phenoxy) is 1. The summed E-state index contributed by atoms with van der Waals surface area (Å²) >= 11 is 2.63. The number of aliphatic carboxylic acids is 3. The van der Waals surface area contributed by atoms with Gasteiger partial charge < -0.3 is 31.1 Å². The van der Waals surface area contributed by atoms with Crippen LogP contribution in [0.1, 0.15) is 32.8 Å². The third kappa shape index (κ3) is 18.8. The second-order valence-electron chi connectivity index (χ2n) is 6.28. The molecule has 6 N–H and O–H groups in total. The summed E-state index contributed by atoms with van der Waals surface area (Å²) in [6, 6.07) is 6.96. The van der Waals surface area contributed by atoms with E-state index in [1.807, 2.05) is 30.3 Å². The molecule has 0 saturated heterocycles. The van der Waals surface area contributed by atoms with Gasteiger partial charge in [-0.05, 0) is 27.4 Å². The zero-order chi connectivity index (χ0) is 24.6. The van der Waals surface area contributed by atoms with Gasteiger partial charge in [-0.25, -0.2) is 9.59 Å². The van der Waals surface area contributed by atoms with Gasteiger partial charge in [0.1, 0.15) is 18.7 Å². The monoisotopic (exact) mass is 506 g/mol. The number of benzene rings is 1. The molecule has 0 aliphatic carbocycles. The number of carbonyl (C=O) groups is 5. The van der Waals surface area contributed by atoms with Gasteiger partial charge in [-0.15, -0.1) is 0 Å². The molecular formula is C19H27BrN2O9. The molecule has 0 radical (unpaired) electrons. The fourth-order valence-electron chi connectivity index (χ4n) is 1.68. The molecule has 174 valence electrons. The quantitative estimate of drug-likeness (QED) is 0.324. The molecule has 1 amide bonds. The first-order chi connectivity index (χ1) is 14.3. The molecule has 1 aromatic rings. The normalized spacial score (nSPS) is 11.4. The fraction of sp³-hybridized carbons (Fsp3) is 0.421. The predicted molar refractivity (Wildman–Crippen MR) is 113 cm³/mol. The topological polar surface area (TPSA) is 193 Å². The molecule has 0 aromatic heterocycles. The SMILES string of the molecule is CC(=O)Br.CC(C)[C@H](NC(=O)OCc1ccccc1)C(=O)O.N[C@@H](CC(=O)O)C(=O)O. The van der Waals surface area contributed by atoms with Crippen LogP contribution in [0.2, 0.25) is 0 Å². The largest absolute Gasteiger partial charge is 0.481 e. The lowest BCUT2D eigenvalue weighted by Gasteiger charge is -2.17. The highest BCUT2D eigenvalue weighted by atomic mass is 79.9. The van der Waals surface area contributed by atoms with Crippen LogP contribution in [0.25, 0.3) is 0 Å². The average Bonchev–Trinajstić information content (AvgIpc) is 2.64. The van der Waals surface area contributed by atoms with E-state index >= 15 is 0 Å². The third-order valence-corrected chi connectivity index (χ3v) is 3.13. The number of nitrogens with two attached hydrogens (primary N) is 1. The summed E-state index contributed by atoms with van der Waals surface area (Å²) in [6.45, 7) is 5.00. The van der Waals surface area contributed by atoms with Crippen molar-refractivity contribution in [2.75, 3.05) is 0 Å². The average molecular weight is 507 g/mol. The van der Waals surface area contributed by atoms with Crippen LogP contribution >= 0.6 is 15.9 Å². The first-order valence-electron chi connectivity index (χ1n) is 8.84. The van der Waals surface area contributed by atoms with Crippen molar-refractivity contribution in [2.45, 2.75) is 45.9 Å². The van der Waals surface area contributed by atoms with Gasteiger partial charge in [-0.2, -0.15) is 0 Å². The number of carboxylic acids is 3. The van der Waals surface area contributed by atoms with Crippen LogP contribution in [0.3, 0.4) is 0 Å². The van der Waals surface area contributed by atoms with Crippen LogP contribution in [0, 0.1) is 5.92 Å². The number of carboxylic acid groups (broad SMARTS) is 3. The smallest absolute Gasteiger partial charge is 0.408 e. The van der Waals surface area contributed by atoms with E-state index in [1.165, 1.54) is 6.92 Å². The molecule has 1 aromatic carbocycles. The first kappa shape index (κ1) is 30.2. The summed E-state index contributed by atoms with van der Waals surface area (Å²) in [5, 5.41) is 27.3. The molecule has 1 rings (SSSR count). The van der Waals surface area contributed by atoms with Gasteiger partial charge in [-0.3, -0.25) is 14.4 Å². The van der Waals surface area contributed by atoms with Crippen molar-refractivity contribution in [1.82, 2.24) is 5.32 Å². The minimum atomic E-state index is -1.29. The van der Waals surface area contributed by atoms with E-state index in [-0.39, 0.29) is 17.2 Å². The van der Waals surface area contributed by atoms with Crippen molar-refractivity contribution in [3.8, 4) is 0 Å². The Labute approximate surface area is 187 Å². The molecule has 0 saturated carbocycles. The molecule has 31 heavy (non-hydrogen) atoms. The lowest BCUT2D eigenvalue weighted by atomic mass is 10.1. The zero-order valence-corrected chi connectivity index (χ0v) is 18.9. The summed E-state index contributed by atoms with van der Waals surface area (Å²) in [5.41, 5.74) is 5.69. The van der Waals surface area contributed by atoms with Crippen molar-refractivity contribution < 1.29 is 44.0 Å². The van der Waals surface area contributed by atoms with Crippen LogP contribution in [0.5, 0.6) is 0 Å². The number of alkyl carbamates (subject to hydrolysis) is 1. The van der Waals surface area contributed by atoms with Gasteiger partial charge in [0.05, 0.1) is 6.42 Å². The van der Waals surface area contributed by atoms with E-state index in [0.29, 0.717) is 0 Å². The van der Waals surface area contributed by atoms with Gasteiger partial charge in [-0.1, -0.05) is 44.2 Å². The Hall–Kier alpha value is -2.99. The van der Waals surface area contributed by atoms with Crippen LogP contribution in [0.15, 0.2) is 30.3 Å². The Balaban J connectivity index is 0. The van der Waals surface area contributed by atoms with Crippen LogP contribution in [-0.4, -0.2) is 56.1 Å². The van der Waals surface area contributed by atoms with Gasteiger partial charge in [0, 0.05) is 6.92 Å². The summed E-state index contributed by atoms with van der Waals surface area (Å²) < 4.78 is 4.92. The Kier molecular flexibility index (Phi) is 16.3. The Bertz CT molecular complexity index is 722. The second kappa shape index (κ2) is 16.8. The molecule has 2 atom stereocenters. The summed E-state index contributed by atoms with van der Waals surface area (Å²) in [4.78, 5) is 51.3. The predicted octanol–water partition coefficient (Wildman–Crippen LogP) is 1.82. The van der Waals surface area contributed by atoms with Crippen molar-refractivity contribution in [3.63, 3.8) is 0 Å². The van der Waals surface area contributed by atoms with Crippen molar-refractivity contribution in [3.05, 3.63) is 35.9 Å². The number of carbonyl (C=O) groups excluding carboxylic acids is 2. The molecule has 0 unspecified atom stereocenters. The number of hydrogen-bond acceptors (Lipinski definition) is 7. The number of amides is 1. The standard InChI is InChI=1S/C13H17NO4.C4H7NO4.C2H3BrO/c1-9(2)11(12(15)16)14-13(17)18-8-10-6-4-3-5-7-10;5-2(4(8)9)1-3(6)7;1-2(3)4/h3-7,9,11H,8H2,1-2H3,(H,14,17)(H,15,16);2H,1,5H2,(H,6,7)(H,8,9);1H3/t11-;2-;/m00./s1. The maximum atomic E-state index is 11.4. The molecule has 11 nitrogen and oxygen atoms in total. The van der Waals surface area contributed by atoms with E-state index in [4.69, 9.17) is 25.8 Å². The van der Waals surface area contributed by atoms with Gasteiger partial charge in [0.2, 0.25) is 0 Å². The fourth-order valence-corrected chi connectivity index (χ4v) is 1.68. The summed E-state index contributed by atoms with van der Waals surface area (Å²) in [6.07, 6.45) is -1.25.